The molecule has 20 heavy (non-hydrogen) atoms. The summed E-state index contributed by atoms with van der Waals surface area (Å²) in [5, 5.41) is 0. The maximum absolute atomic E-state index is 13.5. The molecule has 1 aromatic heterocycles. The van der Waals surface area contributed by atoms with Crippen molar-refractivity contribution in [1.82, 2.24) is 14.7 Å². The van der Waals surface area contributed by atoms with Crippen LogP contribution in [0.4, 0.5) is 10.1 Å². The van der Waals surface area contributed by atoms with Gasteiger partial charge in [0.05, 0.1) is 4.90 Å². The van der Waals surface area contributed by atoms with Gasteiger partial charge in [-0.3, -0.25) is 0 Å². The van der Waals surface area contributed by atoms with Crippen LogP contribution in [0.1, 0.15) is 11.4 Å². The Morgan fingerprint density at radius 2 is 2.20 bits per heavy atom. The molecule has 0 bridgehead atoms. The minimum absolute atomic E-state index is 0.0460. The molecule has 0 aliphatic heterocycles. The maximum atomic E-state index is 13.5. The SMILES string of the molecule is Cc1c(F)cc(N)cc1S(=O)(=O)NCCc1ncc[nH]1. The molecule has 4 N–H and O–H groups in total. The standard InChI is InChI=1S/C12H15FN4O2S/c1-8-10(13)6-9(14)7-11(8)20(18,19)17-3-2-12-15-4-5-16-12/h4-7,17H,2-3,14H2,1H3,(H,15,16). The molecule has 1 aromatic carbocycles. The fraction of sp³-hybridized carbons (Fsp3) is 0.250. The van der Waals surface area contributed by atoms with Crippen LogP contribution in [0, 0.1) is 12.7 Å². The van der Waals surface area contributed by atoms with Crippen LogP contribution in [0.3, 0.4) is 0 Å². The molecule has 6 nitrogen and oxygen atoms in total. The lowest BCUT2D eigenvalue weighted by Crippen LogP contribution is -2.27. The number of anilines is 1. The quantitative estimate of drug-likeness (QED) is 0.716. The molecule has 0 fully saturated rings. The van der Waals surface area contributed by atoms with Crippen LogP contribution in [0.5, 0.6) is 0 Å². The summed E-state index contributed by atoms with van der Waals surface area (Å²) in [4.78, 5) is 6.71. The van der Waals surface area contributed by atoms with Crippen LogP contribution >= 0.6 is 0 Å². The Hall–Kier alpha value is -1.93. The molecule has 0 aliphatic rings. The highest BCUT2D eigenvalue weighted by Gasteiger charge is 2.19. The van der Waals surface area contributed by atoms with E-state index in [9.17, 15) is 12.8 Å². The van der Waals surface area contributed by atoms with Crippen LogP contribution in [0.25, 0.3) is 0 Å². The van der Waals surface area contributed by atoms with Gasteiger partial charge in [-0.05, 0) is 19.1 Å². The Bertz CT molecular complexity index is 698. The van der Waals surface area contributed by atoms with Crippen molar-refractivity contribution in [3.05, 3.63) is 41.7 Å². The van der Waals surface area contributed by atoms with E-state index in [4.69, 9.17) is 5.73 Å². The zero-order chi connectivity index (χ0) is 14.8. The van der Waals surface area contributed by atoms with Gasteiger partial charge >= 0.3 is 0 Å². The summed E-state index contributed by atoms with van der Waals surface area (Å²) < 4.78 is 40.2. The first-order valence-corrected chi connectivity index (χ1v) is 7.42. The monoisotopic (exact) mass is 298 g/mol. The Kier molecular flexibility index (Phi) is 4.05. The number of nitrogens with two attached hydrogens (primary N) is 1. The fourth-order valence-corrected chi connectivity index (χ4v) is 3.09. The third-order valence-corrected chi connectivity index (χ3v) is 4.40. The normalized spacial score (nSPS) is 11.7. The first-order valence-electron chi connectivity index (χ1n) is 5.93. The van der Waals surface area contributed by atoms with Crippen LogP contribution in [0.15, 0.2) is 29.4 Å². The van der Waals surface area contributed by atoms with E-state index in [1.165, 1.54) is 13.0 Å². The molecule has 2 aromatic rings. The highest BCUT2D eigenvalue weighted by Crippen LogP contribution is 2.21. The minimum atomic E-state index is -3.80. The Morgan fingerprint density at radius 1 is 1.45 bits per heavy atom. The predicted octanol–water partition coefficient (Wildman–Crippen LogP) is 0.960. The lowest BCUT2D eigenvalue weighted by molar-refractivity contribution is 0.574. The number of nitrogen functional groups attached to an aromatic ring is 1. The van der Waals surface area contributed by atoms with Crippen LogP contribution < -0.4 is 10.5 Å². The molecule has 2 rings (SSSR count). The zero-order valence-corrected chi connectivity index (χ0v) is 11.7. The summed E-state index contributed by atoms with van der Waals surface area (Å²) >= 11 is 0. The van der Waals surface area contributed by atoms with E-state index in [0.717, 1.165) is 6.07 Å². The van der Waals surface area contributed by atoms with Crippen molar-refractivity contribution in [3.63, 3.8) is 0 Å². The van der Waals surface area contributed by atoms with Gasteiger partial charge in [-0.25, -0.2) is 22.5 Å². The molecule has 8 heteroatoms. The van der Waals surface area contributed by atoms with Crippen molar-refractivity contribution in [2.45, 2.75) is 18.2 Å². The average Bonchev–Trinajstić information content (AvgIpc) is 2.86. The lowest BCUT2D eigenvalue weighted by Gasteiger charge is -2.10. The number of nitrogens with zero attached hydrogens (tertiary/aromatic N) is 1. The van der Waals surface area contributed by atoms with Gasteiger partial charge in [-0.1, -0.05) is 0 Å². The first-order chi connectivity index (χ1) is 9.40. The van der Waals surface area contributed by atoms with Crippen molar-refractivity contribution in [3.8, 4) is 0 Å². The summed E-state index contributed by atoms with van der Waals surface area (Å²) in [6.07, 6.45) is 3.65. The molecule has 0 atom stereocenters. The molecule has 0 amide bonds. The van der Waals surface area contributed by atoms with E-state index in [-0.39, 0.29) is 22.7 Å². The van der Waals surface area contributed by atoms with Gasteiger partial charge in [0.1, 0.15) is 11.6 Å². The van der Waals surface area contributed by atoms with E-state index >= 15 is 0 Å². The number of halogens is 1. The van der Waals surface area contributed by atoms with Crippen LogP contribution in [0.2, 0.25) is 0 Å². The fourth-order valence-electron chi connectivity index (χ4n) is 1.77. The predicted molar refractivity (Wildman–Crippen MR) is 73.0 cm³/mol. The van der Waals surface area contributed by atoms with Crippen LogP contribution in [-0.4, -0.2) is 24.9 Å². The van der Waals surface area contributed by atoms with Crippen molar-refractivity contribution in [2.24, 2.45) is 0 Å². The summed E-state index contributed by atoms with van der Waals surface area (Å²) in [7, 11) is -3.80. The van der Waals surface area contributed by atoms with Gasteiger partial charge in [0.25, 0.3) is 0 Å². The number of aromatic nitrogens is 2. The number of benzene rings is 1. The number of rotatable bonds is 5. The van der Waals surface area contributed by atoms with E-state index in [1.54, 1.807) is 12.4 Å². The maximum Gasteiger partial charge on any atom is 0.241 e. The lowest BCUT2D eigenvalue weighted by atomic mass is 10.2. The largest absolute Gasteiger partial charge is 0.399 e. The third kappa shape index (κ3) is 3.14. The Labute approximate surface area is 116 Å². The van der Waals surface area contributed by atoms with Gasteiger partial charge < -0.3 is 10.7 Å². The van der Waals surface area contributed by atoms with E-state index < -0.39 is 15.8 Å². The Morgan fingerprint density at radius 3 is 2.85 bits per heavy atom. The molecular formula is C12H15FN4O2S. The molecule has 0 saturated heterocycles. The number of hydrogen-bond donors (Lipinski definition) is 3. The zero-order valence-electron chi connectivity index (χ0n) is 10.9. The van der Waals surface area contributed by atoms with Crippen molar-refractivity contribution in [1.29, 1.82) is 0 Å². The minimum Gasteiger partial charge on any atom is -0.399 e. The van der Waals surface area contributed by atoms with Crippen molar-refractivity contribution < 1.29 is 12.8 Å². The number of H-pyrrole nitrogens is 1. The molecular weight excluding hydrogens is 283 g/mol. The third-order valence-electron chi connectivity index (χ3n) is 2.82. The molecule has 0 aliphatic carbocycles. The number of sulfonamides is 1. The average molecular weight is 298 g/mol. The molecule has 1 heterocycles. The van der Waals surface area contributed by atoms with E-state index in [0.29, 0.717) is 12.2 Å². The second-order valence-corrected chi connectivity index (χ2v) is 6.04. The van der Waals surface area contributed by atoms with Crippen LogP contribution in [-0.2, 0) is 16.4 Å². The van der Waals surface area contributed by atoms with E-state index in [1.807, 2.05) is 0 Å². The number of nitrogens with one attached hydrogen (secondary N) is 2. The molecule has 0 radical (unpaired) electrons. The number of imidazole rings is 1. The van der Waals surface area contributed by atoms with Crippen molar-refractivity contribution >= 4 is 15.7 Å². The molecule has 0 spiro atoms. The summed E-state index contributed by atoms with van der Waals surface area (Å²) in [5.41, 5.74) is 5.60. The first kappa shape index (κ1) is 14.5. The summed E-state index contributed by atoms with van der Waals surface area (Å²) in [5.74, 6) is 0.0274. The second kappa shape index (κ2) is 5.59. The van der Waals surface area contributed by atoms with Gasteiger partial charge in [0.15, 0.2) is 0 Å². The smallest absolute Gasteiger partial charge is 0.241 e. The van der Waals surface area contributed by atoms with Gasteiger partial charge in [0, 0.05) is 36.6 Å². The van der Waals surface area contributed by atoms with E-state index in [2.05, 4.69) is 14.7 Å². The number of hydrogen-bond acceptors (Lipinski definition) is 4. The Balaban J connectivity index is 2.14. The van der Waals surface area contributed by atoms with Gasteiger partial charge in [-0.15, -0.1) is 0 Å². The highest BCUT2D eigenvalue weighted by molar-refractivity contribution is 7.89. The molecule has 108 valence electrons. The number of aromatic amines is 1. The van der Waals surface area contributed by atoms with Gasteiger partial charge in [0.2, 0.25) is 10.0 Å². The second-order valence-electron chi connectivity index (χ2n) is 4.31. The van der Waals surface area contributed by atoms with Gasteiger partial charge in [-0.2, -0.15) is 0 Å². The van der Waals surface area contributed by atoms with Crippen molar-refractivity contribution in [2.75, 3.05) is 12.3 Å². The molecule has 0 unspecified atom stereocenters. The highest BCUT2D eigenvalue weighted by atomic mass is 32.2. The topological polar surface area (TPSA) is 101 Å². The summed E-state index contributed by atoms with van der Waals surface area (Å²) in [6, 6.07) is 2.34. The molecule has 0 saturated carbocycles. The summed E-state index contributed by atoms with van der Waals surface area (Å²) in [6.45, 7) is 1.56.